The summed E-state index contributed by atoms with van der Waals surface area (Å²) in [5.74, 6) is -1.57. The Balaban J connectivity index is 3.25. The molecule has 3 N–H and O–H groups in total. The van der Waals surface area contributed by atoms with Crippen LogP contribution in [0, 0.1) is 0 Å². The van der Waals surface area contributed by atoms with Gasteiger partial charge in [0.1, 0.15) is 11.5 Å². The topological polar surface area (TPSA) is 120 Å². The normalized spacial score (nSPS) is 10.1. The Kier molecular flexibility index (Phi) is 3.39. The lowest BCUT2D eigenvalue weighted by atomic mass is 10.1. The molecule has 0 radical (unpaired) electrons. The zero-order valence-corrected chi connectivity index (χ0v) is 8.49. The van der Waals surface area contributed by atoms with Crippen molar-refractivity contribution in [2.45, 2.75) is 19.8 Å². The Hall–Kier alpha value is -2.18. The lowest BCUT2D eigenvalue weighted by Crippen LogP contribution is -2.30. The number of nitrogens with one attached hydrogen (secondary N) is 2. The molecule has 0 aliphatic carbocycles. The van der Waals surface area contributed by atoms with Crippen LogP contribution in [0.2, 0.25) is 0 Å². The molecule has 0 bridgehead atoms. The largest absolute Gasteiger partial charge is 0.477 e. The van der Waals surface area contributed by atoms with Crippen molar-refractivity contribution < 1.29 is 14.7 Å². The van der Waals surface area contributed by atoms with Crippen molar-refractivity contribution in [3.05, 3.63) is 32.1 Å². The van der Waals surface area contributed by atoms with Crippen LogP contribution < -0.4 is 11.2 Å². The molecule has 0 amide bonds. The number of rotatable bonds is 4. The second-order valence-corrected chi connectivity index (χ2v) is 3.27. The van der Waals surface area contributed by atoms with Crippen LogP contribution >= 0.6 is 0 Å². The molecule has 7 nitrogen and oxygen atoms in total. The molecule has 0 unspecified atom stereocenters. The van der Waals surface area contributed by atoms with Crippen LogP contribution in [0.4, 0.5) is 0 Å². The number of carboxylic acids is 1. The molecule has 16 heavy (non-hydrogen) atoms. The van der Waals surface area contributed by atoms with Crippen LogP contribution in [0.1, 0.15) is 29.4 Å². The van der Waals surface area contributed by atoms with Gasteiger partial charge < -0.3 is 14.9 Å². The summed E-state index contributed by atoms with van der Waals surface area (Å²) in [5, 5.41) is 8.77. The maximum atomic E-state index is 11.3. The third kappa shape index (κ3) is 2.66. The molecule has 1 aromatic rings. The fraction of sp³-hybridized carbons (Fsp3) is 0.333. The van der Waals surface area contributed by atoms with E-state index in [1.807, 2.05) is 9.97 Å². The maximum Gasteiger partial charge on any atom is 0.352 e. The molecular formula is C9H10N2O5. The quantitative estimate of drug-likeness (QED) is 0.625. The van der Waals surface area contributed by atoms with E-state index in [0.29, 0.717) is 0 Å². The molecule has 0 atom stereocenters. The minimum atomic E-state index is -1.40. The fourth-order valence-corrected chi connectivity index (χ4v) is 1.23. The summed E-state index contributed by atoms with van der Waals surface area (Å²) < 4.78 is 0. The van der Waals surface area contributed by atoms with Gasteiger partial charge in [0.05, 0.1) is 0 Å². The molecule has 0 aromatic carbocycles. The number of hydrogen-bond acceptors (Lipinski definition) is 4. The second kappa shape index (κ2) is 4.56. The van der Waals surface area contributed by atoms with Gasteiger partial charge in [0, 0.05) is 12.0 Å². The number of carbonyl (C=O) groups is 2. The molecule has 7 heteroatoms. The Morgan fingerprint density at radius 1 is 1.25 bits per heavy atom. The van der Waals surface area contributed by atoms with E-state index >= 15 is 0 Å². The SMILES string of the molecule is CC(=O)CCc1c(C(=O)O)[nH]c(=O)[nH]c1=O. The van der Waals surface area contributed by atoms with Crippen LogP contribution in [0.3, 0.4) is 0 Å². The summed E-state index contributed by atoms with van der Waals surface area (Å²) in [4.78, 5) is 47.6. The van der Waals surface area contributed by atoms with Crippen LogP contribution in [0.25, 0.3) is 0 Å². The van der Waals surface area contributed by atoms with Crippen molar-refractivity contribution >= 4 is 11.8 Å². The molecule has 86 valence electrons. The summed E-state index contributed by atoms with van der Waals surface area (Å²) in [6.07, 6.45) is 0.0402. The number of aromatic carboxylic acids is 1. The third-order valence-corrected chi connectivity index (χ3v) is 1.98. The van der Waals surface area contributed by atoms with Crippen molar-refractivity contribution in [1.82, 2.24) is 9.97 Å². The smallest absolute Gasteiger partial charge is 0.352 e. The van der Waals surface area contributed by atoms with Gasteiger partial charge in [-0.15, -0.1) is 0 Å². The zero-order valence-electron chi connectivity index (χ0n) is 8.49. The highest BCUT2D eigenvalue weighted by Gasteiger charge is 2.15. The Bertz CT molecular complexity index is 540. The van der Waals surface area contributed by atoms with E-state index in [2.05, 4.69) is 0 Å². The predicted octanol–water partition coefficient (Wildman–Crippen LogP) is -0.717. The summed E-state index contributed by atoms with van der Waals surface area (Å²) in [7, 11) is 0. The Morgan fingerprint density at radius 3 is 2.38 bits per heavy atom. The van der Waals surface area contributed by atoms with Gasteiger partial charge in [-0.3, -0.25) is 9.78 Å². The number of ketones is 1. The van der Waals surface area contributed by atoms with E-state index < -0.39 is 22.9 Å². The first-order valence-corrected chi connectivity index (χ1v) is 4.50. The van der Waals surface area contributed by atoms with Crippen LogP contribution in [0.5, 0.6) is 0 Å². The van der Waals surface area contributed by atoms with Gasteiger partial charge in [-0.05, 0) is 13.3 Å². The van der Waals surface area contributed by atoms with Crippen molar-refractivity contribution in [3.63, 3.8) is 0 Å². The summed E-state index contributed by atoms with van der Waals surface area (Å²) in [6, 6.07) is 0. The Morgan fingerprint density at radius 2 is 1.88 bits per heavy atom. The molecule has 1 rings (SSSR count). The van der Waals surface area contributed by atoms with E-state index in [0.717, 1.165) is 0 Å². The number of carbonyl (C=O) groups excluding carboxylic acids is 1. The van der Waals surface area contributed by atoms with Crippen molar-refractivity contribution in [3.8, 4) is 0 Å². The maximum absolute atomic E-state index is 11.3. The van der Waals surface area contributed by atoms with Crippen molar-refractivity contribution in [2.24, 2.45) is 0 Å². The van der Waals surface area contributed by atoms with Crippen molar-refractivity contribution in [1.29, 1.82) is 0 Å². The Labute approximate surface area is 89.1 Å². The van der Waals surface area contributed by atoms with Crippen LogP contribution in [-0.4, -0.2) is 26.8 Å². The summed E-state index contributed by atoms with van der Waals surface area (Å²) >= 11 is 0. The van der Waals surface area contributed by atoms with E-state index in [1.165, 1.54) is 6.92 Å². The van der Waals surface area contributed by atoms with Crippen LogP contribution in [0.15, 0.2) is 9.59 Å². The van der Waals surface area contributed by atoms with E-state index in [9.17, 15) is 19.2 Å². The van der Waals surface area contributed by atoms with Gasteiger partial charge in [-0.25, -0.2) is 9.59 Å². The van der Waals surface area contributed by atoms with Gasteiger partial charge >= 0.3 is 11.7 Å². The predicted molar refractivity (Wildman–Crippen MR) is 53.6 cm³/mol. The average molecular weight is 226 g/mol. The molecule has 0 fully saturated rings. The van der Waals surface area contributed by atoms with E-state index in [4.69, 9.17) is 5.11 Å². The summed E-state index contributed by atoms with van der Waals surface area (Å²) in [6.45, 7) is 1.33. The number of aromatic amines is 2. The van der Waals surface area contributed by atoms with E-state index in [1.54, 1.807) is 0 Å². The number of aromatic nitrogens is 2. The third-order valence-electron chi connectivity index (χ3n) is 1.98. The molecular weight excluding hydrogens is 216 g/mol. The highest BCUT2D eigenvalue weighted by molar-refractivity contribution is 5.87. The number of carboxylic acid groups (broad SMARTS) is 1. The lowest BCUT2D eigenvalue weighted by molar-refractivity contribution is -0.116. The molecule has 0 saturated carbocycles. The average Bonchev–Trinajstić information content (AvgIpc) is 2.14. The highest BCUT2D eigenvalue weighted by atomic mass is 16.4. The fourth-order valence-electron chi connectivity index (χ4n) is 1.23. The first-order chi connectivity index (χ1) is 7.41. The highest BCUT2D eigenvalue weighted by Crippen LogP contribution is 2.01. The standard InChI is InChI=1S/C9H10N2O5/c1-4(12)2-3-5-6(8(14)15)10-9(16)11-7(5)13/h2-3H2,1H3,(H,14,15)(H2,10,11,13,16). The minimum Gasteiger partial charge on any atom is -0.477 e. The number of H-pyrrole nitrogens is 2. The first kappa shape index (κ1) is 11.9. The molecule has 0 aliphatic rings. The van der Waals surface area contributed by atoms with Gasteiger partial charge in [-0.1, -0.05) is 0 Å². The minimum absolute atomic E-state index is 0.0108. The van der Waals surface area contributed by atoms with Gasteiger partial charge in [0.15, 0.2) is 0 Å². The monoisotopic (exact) mass is 226 g/mol. The molecule has 1 heterocycles. The summed E-state index contributed by atoms with van der Waals surface area (Å²) in [5.41, 5.74) is -2.21. The zero-order chi connectivity index (χ0) is 12.3. The molecule has 0 aliphatic heterocycles. The second-order valence-electron chi connectivity index (χ2n) is 3.27. The van der Waals surface area contributed by atoms with Gasteiger partial charge in [0.25, 0.3) is 5.56 Å². The molecule has 0 saturated heterocycles. The number of Topliss-reactive ketones (excluding diaryl/α,β-unsaturated/α-hetero) is 1. The molecule has 1 aromatic heterocycles. The van der Waals surface area contributed by atoms with Crippen LogP contribution in [-0.2, 0) is 11.2 Å². The molecule has 0 spiro atoms. The van der Waals surface area contributed by atoms with Gasteiger partial charge in [-0.2, -0.15) is 0 Å². The first-order valence-electron chi connectivity index (χ1n) is 4.50. The lowest BCUT2D eigenvalue weighted by Gasteiger charge is -2.02. The van der Waals surface area contributed by atoms with E-state index in [-0.39, 0.29) is 24.2 Å². The van der Waals surface area contributed by atoms with Gasteiger partial charge in [0.2, 0.25) is 0 Å². The number of hydrogen-bond donors (Lipinski definition) is 3. The van der Waals surface area contributed by atoms with Crippen molar-refractivity contribution in [2.75, 3.05) is 0 Å².